The molecule has 2 fully saturated rings. The summed E-state index contributed by atoms with van der Waals surface area (Å²) < 4.78 is 5.42. The normalized spacial score (nSPS) is 18.5. The Kier molecular flexibility index (Phi) is 4.84. The molecule has 5 heteroatoms. The molecule has 0 radical (unpaired) electrons. The zero-order valence-electron chi connectivity index (χ0n) is 13.6. The van der Waals surface area contributed by atoms with E-state index >= 15 is 0 Å². The number of carbonyl (C=O) groups excluding carboxylic acids is 2. The molecule has 0 spiro atoms. The van der Waals surface area contributed by atoms with Gasteiger partial charge in [0.1, 0.15) is 5.75 Å². The molecule has 124 valence electrons. The molecule has 1 heterocycles. The Morgan fingerprint density at radius 2 is 2.09 bits per heavy atom. The molecule has 1 aliphatic carbocycles. The van der Waals surface area contributed by atoms with Gasteiger partial charge >= 0.3 is 0 Å². The summed E-state index contributed by atoms with van der Waals surface area (Å²) in [5.74, 6) is 1.34. The van der Waals surface area contributed by atoms with E-state index in [0.717, 1.165) is 37.2 Å². The van der Waals surface area contributed by atoms with E-state index in [1.165, 1.54) is 12.8 Å². The maximum Gasteiger partial charge on any atom is 0.227 e. The fraction of sp³-hybridized carbons (Fsp3) is 0.556. The van der Waals surface area contributed by atoms with E-state index < -0.39 is 0 Å². The summed E-state index contributed by atoms with van der Waals surface area (Å²) in [6.45, 7) is 0.725. The first-order chi connectivity index (χ1) is 11.2. The van der Waals surface area contributed by atoms with Crippen molar-refractivity contribution in [1.82, 2.24) is 0 Å². The van der Waals surface area contributed by atoms with Crippen LogP contribution >= 0.6 is 0 Å². The molecule has 1 aliphatic heterocycles. The van der Waals surface area contributed by atoms with Crippen molar-refractivity contribution in [2.45, 2.75) is 44.9 Å². The van der Waals surface area contributed by atoms with Crippen LogP contribution in [0.1, 0.15) is 44.9 Å². The van der Waals surface area contributed by atoms with Gasteiger partial charge in [-0.1, -0.05) is 12.8 Å². The highest BCUT2D eigenvalue weighted by Crippen LogP contribution is 2.34. The quantitative estimate of drug-likeness (QED) is 0.906. The van der Waals surface area contributed by atoms with Gasteiger partial charge in [-0.2, -0.15) is 0 Å². The zero-order chi connectivity index (χ0) is 16.2. The first-order valence-electron chi connectivity index (χ1n) is 8.45. The molecule has 1 saturated heterocycles. The molecule has 23 heavy (non-hydrogen) atoms. The lowest BCUT2D eigenvalue weighted by molar-refractivity contribution is -0.117. The second-order valence-corrected chi connectivity index (χ2v) is 6.44. The number of amides is 2. The Bertz CT molecular complexity index is 594. The largest absolute Gasteiger partial charge is 0.494 e. The molecule has 2 amide bonds. The second kappa shape index (κ2) is 7.02. The van der Waals surface area contributed by atoms with Gasteiger partial charge in [0.05, 0.1) is 12.8 Å². The van der Waals surface area contributed by atoms with Crippen molar-refractivity contribution >= 4 is 23.2 Å². The number of hydrogen-bond acceptors (Lipinski definition) is 3. The number of anilines is 2. The highest BCUT2D eigenvalue weighted by atomic mass is 16.5. The summed E-state index contributed by atoms with van der Waals surface area (Å²) in [5, 5.41) is 2.95. The van der Waals surface area contributed by atoms with Crippen LogP contribution in [0.25, 0.3) is 0 Å². The van der Waals surface area contributed by atoms with Gasteiger partial charge < -0.3 is 15.0 Å². The maximum atomic E-state index is 12.1. The summed E-state index contributed by atoms with van der Waals surface area (Å²) in [6, 6.07) is 5.50. The number of benzene rings is 1. The number of nitrogens with zero attached hydrogens (tertiary/aromatic N) is 1. The molecule has 5 nitrogen and oxygen atoms in total. The van der Waals surface area contributed by atoms with E-state index in [1.54, 1.807) is 18.1 Å². The van der Waals surface area contributed by atoms with E-state index in [0.29, 0.717) is 24.5 Å². The third kappa shape index (κ3) is 3.66. The third-order valence-corrected chi connectivity index (χ3v) is 4.78. The van der Waals surface area contributed by atoms with Crippen molar-refractivity contribution in [1.29, 1.82) is 0 Å². The van der Waals surface area contributed by atoms with Crippen LogP contribution in [0.2, 0.25) is 0 Å². The number of ether oxygens (including phenoxy) is 1. The topological polar surface area (TPSA) is 58.6 Å². The van der Waals surface area contributed by atoms with Crippen molar-refractivity contribution in [2.75, 3.05) is 23.9 Å². The Morgan fingerprint density at radius 3 is 2.74 bits per heavy atom. The van der Waals surface area contributed by atoms with Crippen molar-refractivity contribution in [2.24, 2.45) is 5.92 Å². The van der Waals surface area contributed by atoms with E-state index in [4.69, 9.17) is 4.74 Å². The van der Waals surface area contributed by atoms with Crippen LogP contribution in [0, 0.1) is 5.92 Å². The molecule has 1 N–H and O–H groups in total. The van der Waals surface area contributed by atoms with E-state index in [9.17, 15) is 9.59 Å². The maximum absolute atomic E-state index is 12.1. The SMILES string of the molecule is COc1cc(NC(=O)CC2CCCC2)ccc1N1CCCC1=O. The molecule has 2 aliphatic rings. The molecule has 1 aromatic carbocycles. The predicted octanol–water partition coefficient (Wildman–Crippen LogP) is 3.34. The van der Waals surface area contributed by atoms with Crippen LogP contribution in [-0.4, -0.2) is 25.5 Å². The second-order valence-electron chi connectivity index (χ2n) is 6.44. The molecule has 3 rings (SSSR count). The highest BCUT2D eigenvalue weighted by molar-refractivity contribution is 5.98. The highest BCUT2D eigenvalue weighted by Gasteiger charge is 2.25. The van der Waals surface area contributed by atoms with Crippen molar-refractivity contribution in [3.63, 3.8) is 0 Å². The fourth-order valence-corrected chi connectivity index (χ4v) is 3.57. The standard InChI is InChI=1S/C18H24N2O3/c1-23-16-12-14(19-17(21)11-13-5-2-3-6-13)8-9-15(16)20-10-4-7-18(20)22/h8-9,12-13H,2-7,10-11H2,1H3,(H,19,21). The Labute approximate surface area is 137 Å². The molecular formula is C18H24N2O3. The average molecular weight is 316 g/mol. The van der Waals surface area contributed by atoms with Gasteiger partial charge in [0.2, 0.25) is 11.8 Å². The summed E-state index contributed by atoms with van der Waals surface area (Å²) in [6.07, 6.45) is 6.85. The Balaban J connectivity index is 1.68. The monoisotopic (exact) mass is 316 g/mol. The van der Waals surface area contributed by atoms with Crippen LogP contribution in [0.15, 0.2) is 18.2 Å². The minimum Gasteiger partial charge on any atom is -0.494 e. The molecule has 0 aromatic heterocycles. The van der Waals surface area contributed by atoms with Crippen LogP contribution in [-0.2, 0) is 9.59 Å². The number of carbonyl (C=O) groups is 2. The van der Waals surface area contributed by atoms with Gasteiger partial charge in [-0.25, -0.2) is 0 Å². The lowest BCUT2D eigenvalue weighted by Gasteiger charge is -2.20. The smallest absolute Gasteiger partial charge is 0.227 e. The van der Waals surface area contributed by atoms with Gasteiger partial charge in [-0.15, -0.1) is 0 Å². The van der Waals surface area contributed by atoms with Crippen LogP contribution in [0.3, 0.4) is 0 Å². The molecular weight excluding hydrogens is 292 g/mol. The van der Waals surface area contributed by atoms with Crippen molar-refractivity contribution < 1.29 is 14.3 Å². The average Bonchev–Trinajstić information content (AvgIpc) is 3.19. The third-order valence-electron chi connectivity index (χ3n) is 4.78. The van der Waals surface area contributed by atoms with Gasteiger partial charge in [-0.05, 0) is 37.3 Å². The number of hydrogen-bond donors (Lipinski definition) is 1. The number of rotatable bonds is 5. The molecule has 0 bridgehead atoms. The Morgan fingerprint density at radius 1 is 1.30 bits per heavy atom. The fourth-order valence-electron chi connectivity index (χ4n) is 3.57. The van der Waals surface area contributed by atoms with E-state index in [2.05, 4.69) is 5.32 Å². The van der Waals surface area contributed by atoms with E-state index in [-0.39, 0.29) is 11.8 Å². The number of nitrogens with one attached hydrogen (secondary N) is 1. The van der Waals surface area contributed by atoms with Crippen LogP contribution in [0.4, 0.5) is 11.4 Å². The van der Waals surface area contributed by atoms with Gasteiger partial charge in [-0.3, -0.25) is 9.59 Å². The zero-order valence-corrected chi connectivity index (χ0v) is 13.6. The first-order valence-corrected chi connectivity index (χ1v) is 8.45. The van der Waals surface area contributed by atoms with Crippen LogP contribution < -0.4 is 15.0 Å². The lowest BCUT2D eigenvalue weighted by atomic mass is 10.0. The van der Waals surface area contributed by atoms with Gasteiger partial charge in [0.15, 0.2) is 0 Å². The summed E-state index contributed by atoms with van der Waals surface area (Å²) in [7, 11) is 1.59. The molecule has 0 atom stereocenters. The molecule has 0 unspecified atom stereocenters. The summed E-state index contributed by atoms with van der Waals surface area (Å²) >= 11 is 0. The molecule has 1 aromatic rings. The first kappa shape index (κ1) is 15.8. The van der Waals surface area contributed by atoms with Gasteiger partial charge in [0.25, 0.3) is 0 Å². The van der Waals surface area contributed by atoms with Gasteiger partial charge in [0, 0.05) is 31.1 Å². The van der Waals surface area contributed by atoms with E-state index in [1.807, 2.05) is 12.1 Å². The number of methoxy groups -OCH3 is 1. The minimum absolute atomic E-state index is 0.0592. The Hall–Kier alpha value is -2.04. The summed E-state index contributed by atoms with van der Waals surface area (Å²) in [5.41, 5.74) is 1.50. The van der Waals surface area contributed by atoms with Crippen LogP contribution in [0.5, 0.6) is 5.75 Å². The summed E-state index contributed by atoms with van der Waals surface area (Å²) in [4.78, 5) is 25.8. The minimum atomic E-state index is 0.0592. The lowest BCUT2D eigenvalue weighted by Crippen LogP contribution is -2.24. The predicted molar refractivity (Wildman–Crippen MR) is 89.8 cm³/mol. The van der Waals surface area contributed by atoms with Crippen molar-refractivity contribution in [3.05, 3.63) is 18.2 Å². The van der Waals surface area contributed by atoms with Crippen molar-refractivity contribution in [3.8, 4) is 5.75 Å². The molecule has 1 saturated carbocycles.